The Morgan fingerprint density at radius 1 is 1.38 bits per heavy atom. The molecule has 1 atom stereocenters. The molecule has 1 fully saturated rings. The monoisotopic (exact) mass is 259 g/mol. The number of rotatable bonds is 3. The Balaban J connectivity index is 1.88. The smallest absolute Gasteiger partial charge is 0.0735 e. The van der Waals surface area contributed by atoms with Gasteiger partial charge in [-0.3, -0.25) is 0 Å². The summed E-state index contributed by atoms with van der Waals surface area (Å²) in [7, 11) is 0. The summed E-state index contributed by atoms with van der Waals surface area (Å²) in [6.07, 6.45) is 2.61. The number of benzene rings is 1. The molecule has 88 valence electrons. The molecular weight excluding hydrogens is 245 g/mol. The third kappa shape index (κ3) is 3.36. The van der Waals surface area contributed by atoms with Gasteiger partial charge in [0.2, 0.25) is 0 Å². The summed E-state index contributed by atoms with van der Waals surface area (Å²) in [5, 5.41) is 4.65. The molecule has 1 aliphatic rings. The van der Waals surface area contributed by atoms with E-state index in [1.165, 1.54) is 6.42 Å². The summed E-state index contributed by atoms with van der Waals surface area (Å²) in [5.74, 6) is 0. The third-order valence-electron chi connectivity index (χ3n) is 2.74. The summed E-state index contributed by atoms with van der Waals surface area (Å²) in [6, 6.07) is 5.51. The van der Waals surface area contributed by atoms with Gasteiger partial charge >= 0.3 is 0 Å². The van der Waals surface area contributed by atoms with Gasteiger partial charge in [-0.15, -0.1) is 0 Å². The van der Waals surface area contributed by atoms with Gasteiger partial charge in [0.1, 0.15) is 0 Å². The molecule has 0 aliphatic carbocycles. The van der Waals surface area contributed by atoms with Gasteiger partial charge < -0.3 is 10.1 Å². The predicted octanol–water partition coefficient (Wildman–Crippen LogP) is 3.26. The minimum atomic E-state index is 0.306. The molecule has 2 rings (SSSR count). The fraction of sp³-hybridized carbons (Fsp3) is 0.500. The second kappa shape index (κ2) is 5.87. The van der Waals surface area contributed by atoms with Crippen LogP contribution in [0.3, 0.4) is 0 Å². The second-order valence-electron chi connectivity index (χ2n) is 4.02. The van der Waals surface area contributed by atoms with Gasteiger partial charge in [-0.2, -0.15) is 0 Å². The van der Waals surface area contributed by atoms with Crippen LogP contribution in [-0.2, 0) is 11.3 Å². The van der Waals surface area contributed by atoms with Crippen molar-refractivity contribution in [3.63, 3.8) is 0 Å². The van der Waals surface area contributed by atoms with Crippen LogP contribution < -0.4 is 5.32 Å². The number of hydrogen-bond donors (Lipinski definition) is 1. The molecule has 0 aromatic heterocycles. The van der Waals surface area contributed by atoms with Crippen LogP contribution in [0.25, 0.3) is 0 Å². The number of nitrogens with one attached hydrogen (secondary N) is 1. The Bertz CT molecular complexity index is 351. The molecular formula is C12H15Cl2NO. The Kier molecular flexibility index (Phi) is 4.47. The Hall–Kier alpha value is -0.280. The van der Waals surface area contributed by atoms with Gasteiger partial charge in [0.15, 0.2) is 0 Å². The molecule has 16 heavy (non-hydrogen) atoms. The average Bonchev–Trinajstić information content (AvgIpc) is 2.29. The zero-order valence-corrected chi connectivity index (χ0v) is 10.5. The lowest BCUT2D eigenvalue weighted by Crippen LogP contribution is -2.35. The van der Waals surface area contributed by atoms with E-state index < -0.39 is 0 Å². The normalized spacial score (nSPS) is 21.0. The second-order valence-corrected chi connectivity index (χ2v) is 4.86. The molecule has 1 aromatic carbocycles. The van der Waals surface area contributed by atoms with Crippen LogP contribution in [0.15, 0.2) is 18.2 Å². The zero-order chi connectivity index (χ0) is 11.4. The van der Waals surface area contributed by atoms with Crippen LogP contribution in [-0.4, -0.2) is 19.2 Å². The van der Waals surface area contributed by atoms with E-state index in [0.717, 1.165) is 25.1 Å². The highest BCUT2D eigenvalue weighted by Gasteiger charge is 2.13. The summed E-state index contributed by atoms with van der Waals surface area (Å²) in [6.45, 7) is 2.59. The van der Waals surface area contributed by atoms with Crippen molar-refractivity contribution in [2.75, 3.05) is 13.1 Å². The highest BCUT2D eigenvalue weighted by Crippen LogP contribution is 2.22. The molecule has 0 unspecified atom stereocenters. The number of piperidine rings is 1. The first-order chi connectivity index (χ1) is 7.75. The van der Waals surface area contributed by atoms with Gasteiger partial charge in [0.05, 0.1) is 12.7 Å². The Labute approximate surface area is 106 Å². The van der Waals surface area contributed by atoms with Crippen molar-refractivity contribution >= 4 is 23.2 Å². The van der Waals surface area contributed by atoms with Crippen molar-refractivity contribution in [1.29, 1.82) is 0 Å². The average molecular weight is 260 g/mol. The fourth-order valence-corrected chi connectivity index (χ4v) is 2.27. The van der Waals surface area contributed by atoms with E-state index in [9.17, 15) is 0 Å². The van der Waals surface area contributed by atoms with Crippen LogP contribution in [0, 0.1) is 0 Å². The van der Waals surface area contributed by atoms with Crippen molar-refractivity contribution in [2.24, 2.45) is 0 Å². The van der Waals surface area contributed by atoms with Crippen molar-refractivity contribution < 1.29 is 4.74 Å². The fourth-order valence-electron chi connectivity index (χ4n) is 1.81. The topological polar surface area (TPSA) is 21.3 Å². The maximum absolute atomic E-state index is 6.07. The number of ether oxygens (including phenoxy) is 1. The zero-order valence-electron chi connectivity index (χ0n) is 9.01. The third-order valence-corrected chi connectivity index (χ3v) is 3.33. The molecule has 0 saturated carbocycles. The highest BCUT2D eigenvalue weighted by atomic mass is 35.5. The summed E-state index contributed by atoms with van der Waals surface area (Å²) in [4.78, 5) is 0. The number of hydrogen-bond acceptors (Lipinski definition) is 2. The minimum absolute atomic E-state index is 0.306. The molecule has 1 aromatic rings. The van der Waals surface area contributed by atoms with E-state index >= 15 is 0 Å². The summed E-state index contributed by atoms with van der Waals surface area (Å²) in [5.41, 5.74) is 0.997. The van der Waals surface area contributed by atoms with Crippen molar-refractivity contribution in [3.8, 4) is 0 Å². The molecule has 0 bridgehead atoms. The van der Waals surface area contributed by atoms with E-state index in [1.807, 2.05) is 12.1 Å². The van der Waals surface area contributed by atoms with E-state index in [4.69, 9.17) is 27.9 Å². The summed E-state index contributed by atoms with van der Waals surface area (Å²) >= 11 is 11.9. The van der Waals surface area contributed by atoms with Gasteiger partial charge in [0.25, 0.3) is 0 Å². The molecule has 1 N–H and O–H groups in total. The lowest BCUT2D eigenvalue weighted by molar-refractivity contribution is 0.0253. The Morgan fingerprint density at radius 3 is 2.94 bits per heavy atom. The molecule has 0 radical (unpaired) electrons. The highest BCUT2D eigenvalue weighted by molar-refractivity contribution is 6.35. The first kappa shape index (κ1) is 12.2. The lowest BCUT2D eigenvalue weighted by atomic mass is 10.1. The van der Waals surface area contributed by atoms with E-state index in [2.05, 4.69) is 5.32 Å². The minimum Gasteiger partial charge on any atom is -0.372 e. The first-order valence-corrected chi connectivity index (χ1v) is 6.27. The summed E-state index contributed by atoms with van der Waals surface area (Å²) < 4.78 is 5.80. The predicted molar refractivity (Wildman–Crippen MR) is 67.1 cm³/mol. The largest absolute Gasteiger partial charge is 0.372 e. The molecule has 4 heteroatoms. The van der Waals surface area contributed by atoms with Crippen LogP contribution in [0.5, 0.6) is 0 Å². The van der Waals surface area contributed by atoms with Gasteiger partial charge in [-0.1, -0.05) is 29.3 Å². The van der Waals surface area contributed by atoms with E-state index in [0.29, 0.717) is 22.8 Å². The van der Waals surface area contributed by atoms with Crippen LogP contribution in [0.4, 0.5) is 0 Å². The molecule has 1 heterocycles. The number of halogens is 2. The molecule has 0 amide bonds. The molecule has 1 aliphatic heterocycles. The van der Waals surface area contributed by atoms with Crippen molar-refractivity contribution in [2.45, 2.75) is 25.6 Å². The molecule has 2 nitrogen and oxygen atoms in total. The quantitative estimate of drug-likeness (QED) is 0.900. The van der Waals surface area contributed by atoms with Gasteiger partial charge in [-0.25, -0.2) is 0 Å². The SMILES string of the molecule is Clc1ccc(CO[C@@H]2CCCNC2)c(Cl)c1. The van der Waals surface area contributed by atoms with E-state index in [-0.39, 0.29) is 0 Å². The van der Waals surface area contributed by atoms with E-state index in [1.54, 1.807) is 6.07 Å². The van der Waals surface area contributed by atoms with Crippen LogP contribution >= 0.6 is 23.2 Å². The van der Waals surface area contributed by atoms with Crippen LogP contribution in [0.2, 0.25) is 10.0 Å². The Morgan fingerprint density at radius 2 is 2.25 bits per heavy atom. The van der Waals surface area contributed by atoms with Gasteiger partial charge in [0, 0.05) is 16.6 Å². The lowest BCUT2D eigenvalue weighted by Gasteiger charge is -2.23. The van der Waals surface area contributed by atoms with Crippen molar-refractivity contribution in [3.05, 3.63) is 33.8 Å². The molecule has 1 saturated heterocycles. The first-order valence-electron chi connectivity index (χ1n) is 5.52. The van der Waals surface area contributed by atoms with Crippen molar-refractivity contribution in [1.82, 2.24) is 5.32 Å². The molecule has 0 spiro atoms. The standard InChI is InChI=1S/C12H15Cl2NO/c13-10-4-3-9(12(14)6-10)8-16-11-2-1-5-15-7-11/h3-4,6,11,15H,1-2,5,7-8H2/t11-/m1/s1. The maximum atomic E-state index is 6.07. The van der Waals surface area contributed by atoms with Crippen LogP contribution in [0.1, 0.15) is 18.4 Å². The maximum Gasteiger partial charge on any atom is 0.0735 e. The van der Waals surface area contributed by atoms with Gasteiger partial charge in [-0.05, 0) is 37.1 Å².